The summed E-state index contributed by atoms with van der Waals surface area (Å²) in [6, 6.07) is 0.463. The van der Waals surface area contributed by atoms with Gasteiger partial charge >= 0.3 is 0 Å². The molecule has 0 N–H and O–H groups in total. The van der Waals surface area contributed by atoms with Gasteiger partial charge in [-0.3, -0.25) is 4.68 Å². The smallest absolute Gasteiger partial charge is 0.158 e. The number of hydrogen-bond donors (Lipinski definition) is 0. The minimum Gasteiger partial charge on any atom is -0.378 e. The topological polar surface area (TPSA) is 44.9 Å². The van der Waals surface area contributed by atoms with E-state index < -0.39 is 0 Å². The van der Waals surface area contributed by atoms with Crippen molar-refractivity contribution in [3.63, 3.8) is 0 Å². The van der Waals surface area contributed by atoms with Crippen molar-refractivity contribution in [3.05, 3.63) is 11.5 Å². The second kappa shape index (κ2) is 5.97. The zero-order chi connectivity index (χ0) is 15.0. The number of aromatic nitrogens is 4. The summed E-state index contributed by atoms with van der Waals surface area (Å²) in [5.74, 6) is 1.68. The highest BCUT2D eigenvalue weighted by atomic mass is 35.5. The largest absolute Gasteiger partial charge is 0.378 e. The van der Waals surface area contributed by atoms with E-state index >= 15 is 0 Å². The van der Waals surface area contributed by atoms with E-state index in [9.17, 15) is 0 Å². The third kappa shape index (κ3) is 2.46. The van der Waals surface area contributed by atoms with E-state index in [1.807, 2.05) is 11.7 Å². The molecule has 1 aliphatic carbocycles. The summed E-state index contributed by atoms with van der Waals surface area (Å²) in [7, 11) is 2.00. The Morgan fingerprint density at radius 1 is 1.33 bits per heavy atom. The maximum absolute atomic E-state index is 5.96. The molecule has 0 amide bonds. The van der Waals surface area contributed by atoms with Gasteiger partial charge < -0.3 is 9.30 Å². The van der Waals surface area contributed by atoms with Crippen molar-refractivity contribution in [2.75, 3.05) is 12.5 Å². The van der Waals surface area contributed by atoms with Crippen LogP contribution in [0.2, 0.25) is 0 Å². The molecule has 0 saturated heterocycles. The number of alkyl halides is 1. The molecule has 2 heterocycles. The SMILES string of the molecule is CCOC1CC(n2c(CCCl)nc3c(CC)nn(C)c32)C1. The zero-order valence-corrected chi connectivity index (χ0v) is 13.7. The summed E-state index contributed by atoms with van der Waals surface area (Å²) in [5, 5.41) is 4.60. The van der Waals surface area contributed by atoms with Gasteiger partial charge in [0.15, 0.2) is 5.65 Å². The summed E-state index contributed by atoms with van der Waals surface area (Å²) in [6.45, 7) is 4.96. The van der Waals surface area contributed by atoms with Gasteiger partial charge in [-0.15, -0.1) is 11.6 Å². The van der Waals surface area contributed by atoms with Crippen LogP contribution < -0.4 is 0 Å². The van der Waals surface area contributed by atoms with Crippen LogP contribution in [0.4, 0.5) is 0 Å². The molecule has 1 aliphatic rings. The summed E-state index contributed by atoms with van der Waals surface area (Å²) in [6.07, 6.45) is 4.21. The molecule has 0 bridgehead atoms. The second-order valence-electron chi connectivity index (χ2n) is 5.64. The van der Waals surface area contributed by atoms with E-state index in [0.717, 1.165) is 55.0 Å². The van der Waals surface area contributed by atoms with Crippen molar-refractivity contribution in [2.24, 2.45) is 7.05 Å². The molecule has 0 aromatic carbocycles. The number of ether oxygens (including phenoxy) is 1. The van der Waals surface area contributed by atoms with Crippen molar-refractivity contribution in [1.82, 2.24) is 19.3 Å². The van der Waals surface area contributed by atoms with Gasteiger partial charge in [-0.25, -0.2) is 4.98 Å². The van der Waals surface area contributed by atoms with Crippen LogP contribution in [0.1, 0.15) is 44.2 Å². The second-order valence-corrected chi connectivity index (χ2v) is 6.01. The lowest BCUT2D eigenvalue weighted by Crippen LogP contribution is -2.34. The van der Waals surface area contributed by atoms with Gasteiger partial charge in [-0.05, 0) is 26.2 Å². The first-order chi connectivity index (χ1) is 10.2. The average molecular weight is 311 g/mol. The molecule has 0 aliphatic heterocycles. The van der Waals surface area contributed by atoms with Gasteiger partial charge in [-0.1, -0.05) is 6.92 Å². The fraction of sp³-hybridized carbons (Fsp3) is 0.733. The summed E-state index contributed by atoms with van der Waals surface area (Å²) in [4.78, 5) is 4.82. The molecule has 1 saturated carbocycles. The minimum atomic E-state index is 0.389. The van der Waals surface area contributed by atoms with E-state index in [1.165, 1.54) is 0 Å². The Kier molecular flexibility index (Phi) is 4.22. The number of hydrogen-bond acceptors (Lipinski definition) is 3. The zero-order valence-electron chi connectivity index (χ0n) is 13.0. The first-order valence-corrected chi connectivity index (χ1v) is 8.33. The van der Waals surface area contributed by atoms with Crippen LogP contribution in [0, 0.1) is 0 Å². The van der Waals surface area contributed by atoms with Crippen LogP contribution in [0.15, 0.2) is 0 Å². The quantitative estimate of drug-likeness (QED) is 0.771. The normalized spacial score (nSPS) is 21.9. The molecule has 0 spiro atoms. The van der Waals surface area contributed by atoms with E-state index in [2.05, 4.69) is 23.5 Å². The van der Waals surface area contributed by atoms with Crippen molar-refractivity contribution in [2.45, 2.75) is 51.7 Å². The monoisotopic (exact) mass is 310 g/mol. The first kappa shape index (κ1) is 14.9. The molecule has 3 rings (SSSR count). The highest BCUT2D eigenvalue weighted by Crippen LogP contribution is 2.38. The molecule has 21 heavy (non-hydrogen) atoms. The van der Waals surface area contributed by atoms with Crippen molar-refractivity contribution < 1.29 is 4.74 Å². The molecule has 2 aromatic rings. The number of rotatable bonds is 6. The molecule has 0 atom stereocenters. The predicted molar refractivity (Wildman–Crippen MR) is 84.0 cm³/mol. The van der Waals surface area contributed by atoms with Crippen molar-refractivity contribution >= 4 is 22.8 Å². The Labute approximate surface area is 130 Å². The number of halogens is 1. The van der Waals surface area contributed by atoms with Crippen LogP contribution in [0.25, 0.3) is 11.2 Å². The molecular formula is C15H23ClN4O. The van der Waals surface area contributed by atoms with Gasteiger partial charge in [0.2, 0.25) is 0 Å². The van der Waals surface area contributed by atoms with Crippen LogP contribution >= 0.6 is 11.6 Å². The Morgan fingerprint density at radius 3 is 2.71 bits per heavy atom. The third-order valence-electron chi connectivity index (χ3n) is 4.30. The van der Waals surface area contributed by atoms with Gasteiger partial charge in [0, 0.05) is 32.0 Å². The Hall–Kier alpha value is -1.07. The summed E-state index contributed by atoms with van der Waals surface area (Å²) < 4.78 is 10.0. The molecule has 6 heteroatoms. The molecule has 5 nitrogen and oxygen atoms in total. The lowest BCUT2D eigenvalue weighted by atomic mass is 9.88. The fourth-order valence-electron chi connectivity index (χ4n) is 3.25. The lowest BCUT2D eigenvalue weighted by Gasteiger charge is -2.36. The maximum Gasteiger partial charge on any atom is 0.158 e. The third-order valence-corrected chi connectivity index (χ3v) is 4.49. The van der Waals surface area contributed by atoms with Crippen molar-refractivity contribution in [1.29, 1.82) is 0 Å². The lowest BCUT2D eigenvalue weighted by molar-refractivity contribution is -0.0195. The highest BCUT2D eigenvalue weighted by Gasteiger charge is 2.34. The maximum atomic E-state index is 5.96. The predicted octanol–water partition coefficient (Wildman–Crippen LogP) is 2.85. The number of nitrogens with zero attached hydrogens (tertiary/aromatic N) is 4. The van der Waals surface area contributed by atoms with Gasteiger partial charge in [0.25, 0.3) is 0 Å². The summed E-state index contributed by atoms with van der Waals surface area (Å²) >= 11 is 5.96. The average Bonchev–Trinajstić information content (AvgIpc) is 2.92. The number of aryl methyl sites for hydroxylation is 3. The van der Waals surface area contributed by atoms with E-state index in [-0.39, 0.29) is 0 Å². The van der Waals surface area contributed by atoms with Gasteiger partial charge in [0.05, 0.1) is 11.8 Å². The number of fused-ring (bicyclic) bond motifs is 1. The molecule has 116 valence electrons. The Balaban J connectivity index is 1.99. The van der Waals surface area contributed by atoms with Crippen LogP contribution in [-0.4, -0.2) is 37.9 Å². The summed E-state index contributed by atoms with van der Waals surface area (Å²) in [5.41, 5.74) is 3.25. The van der Waals surface area contributed by atoms with E-state index in [0.29, 0.717) is 18.0 Å². The van der Waals surface area contributed by atoms with E-state index in [4.69, 9.17) is 21.3 Å². The fourth-order valence-corrected chi connectivity index (χ4v) is 3.42. The first-order valence-electron chi connectivity index (χ1n) is 7.79. The van der Waals surface area contributed by atoms with E-state index in [1.54, 1.807) is 0 Å². The Morgan fingerprint density at radius 2 is 2.10 bits per heavy atom. The molecular weight excluding hydrogens is 288 g/mol. The van der Waals surface area contributed by atoms with Crippen molar-refractivity contribution in [3.8, 4) is 0 Å². The molecule has 0 radical (unpaired) electrons. The molecule has 0 unspecified atom stereocenters. The minimum absolute atomic E-state index is 0.389. The highest BCUT2D eigenvalue weighted by molar-refractivity contribution is 6.17. The van der Waals surface area contributed by atoms with Crippen LogP contribution in [0.3, 0.4) is 0 Å². The molecule has 1 fully saturated rings. The standard InChI is InChI=1S/C15H23ClN4O/c1-4-12-14-15(19(3)18-12)20(13(17-14)6-7-16)10-8-11(9-10)21-5-2/h10-11H,4-9H2,1-3H3. The number of imidazole rings is 1. The molecule has 2 aromatic heterocycles. The van der Waals surface area contributed by atoms with Crippen LogP contribution in [0.5, 0.6) is 0 Å². The van der Waals surface area contributed by atoms with Gasteiger partial charge in [-0.2, -0.15) is 5.10 Å². The van der Waals surface area contributed by atoms with Crippen LogP contribution in [-0.2, 0) is 24.6 Å². The van der Waals surface area contributed by atoms with Gasteiger partial charge in [0.1, 0.15) is 11.3 Å². The Bertz CT molecular complexity index is 627.